The molecular formula is C32H43Cl2N3O4. The maximum absolute atomic E-state index is 12.8. The average molecular weight is 605 g/mol. The number of amides is 1. The van der Waals surface area contributed by atoms with E-state index < -0.39 is 0 Å². The van der Waals surface area contributed by atoms with Crippen LogP contribution in [0.15, 0.2) is 22.4 Å². The van der Waals surface area contributed by atoms with Crippen molar-refractivity contribution in [3.8, 4) is 5.88 Å². The quantitative estimate of drug-likeness (QED) is 0.257. The number of aromatic hydroxyl groups is 1. The Morgan fingerprint density at radius 1 is 1.07 bits per heavy atom. The van der Waals surface area contributed by atoms with Gasteiger partial charge in [0.1, 0.15) is 0 Å². The SMILES string of the molecule is C[C@H](CCC(=O)N=Nc1c(O)[nH]c2c(Cl)cc(Cl)cc12)[C@H]1CC[C@H]2[C@@H]3[C@@H](O)C[C@H]4C[C@@H](O)CC[C@]4(C)[C@H]3CC[C@]12C. The Labute approximate surface area is 252 Å². The minimum atomic E-state index is -0.316. The van der Waals surface area contributed by atoms with Crippen LogP contribution < -0.4 is 0 Å². The molecule has 4 N–H and O–H groups in total. The minimum absolute atomic E-state index is 0.156. The molecule has 1 amide bonds. The van der Waals surface area contributed by atoms with Crippen LogP contribution in [0.3, 0.4) is 0 Å². The molecule has 41 heavy (non-hydrogen) atoms. The van der Waals surface area contributed by atoms with Gasteiger partial charge in [-0.05, 0) is 116 Å². The van der Waals surface area contributed by atoms with Crippen molar-refractivity contribution in [3.63, 3.8) is 0 Å². The molecule has 4 fully saturated rings. The van der Waals surface area contributed by atoms with Crippen LogP contribution in [0, 0.1) is 46.3 Å². The van der Waals surface area contributed by atoms with Crippen molar-refractivity contribution in [1.82, 2.24) is 4.98 Å². The highest BCUT2D eigenvalue weighted by Gasteiger charge is 2.62. The fourth-order valence-electron chi connectivity index (χ4n) is 10.2. The van der Waals surface area contributed by atoms with Crippen LogP contribution in [-0.4, -0.2) is 38.4 Å². The summed E-state index contributed by atoms with van der Waals surface area (Å²) in [5.41, 5.74) is 1.04. The second kappa shape index (κ2) is 10.8. The van der Waals surface area contributed by atoms with Gasteiger partial charge >= 0.3 is 0 Å². The molecule has 0 aliphatic heterocycles. The van der Waals surface area contributed by atoms with E-state index in [1.807, 2.05) is 0 Å². The van der Waals surface area contributed by atoms with Crippen LogP contribution in [0.2, 0.25) is 10.0 Å². The number of nitrogens with one attached hydrogen (secondary N) is 1. The summed E-state index contributed by atoms with van der Waals surface area (Å²) in [5, 5.41) is 41.4. The molecule has 224 valence electrons. The maximum Gasteiger partial charge on any atom is 0.264 e. The largest absolute Gasteiger partial charge is 0.493 e. The summed E-state index contributed by atoms with van der Waals surface area (Å²) < 4.78 is 0. The van der Waals surface area contributed by atoms with Crippen molar-refractivity contribution in [3.05, 3.63) is 22.2 Å². The highest BCUT2D eigenvalue weighted by atomic mass is 35.5. The molecule has 0 spiro atoms. The van der Waals surface area contributed by atoms with Gasteiger partial charge in [0.15, 0.2) is 5.69 Å². The topological polar surface area (TPSA) is 118 Å². The van der Waals surface area contributed by atoms with Crippen LogP contribution >= 0.6 is 23.2 Å². The molecule has 6 rings (SSSR count). The molecular weight excluding hydrogens is 561 g/mol. The average Bonchev–Trinajstić information content (AvgIpc) is 3.43. The number of aromatic nitrogens is 1. The molecule has 10 atom stereocenters. The molecule has 1 heterocycles. The Balaban J connectivity index is 1.11. The number of hydrogen-bond acceptors (Lipinski definition) is 5. The fraction of sp³-hybridized carbons (Fsp3) is 0.719. The Kier molecular flexibility index (Phi) is 7.74. The van der Waals surface area contributed by atoms with Crippen LogP contribution in [0.1, 0.15) is 85.0 Å². The van der Waals surface area contributed by atoms with E-state index in [1.54, 1.807) is 12.1 Å². The molecule has 0 bridgehead atoms. The molecule has 1 aromatic carbocycles. The van der Waals surface area contributed by atoms with E-state index >= 15 is 0 Å². The minimum Gasteiger partial charge on any atom is -0.493 e. The zero-order valence-corrected chi connectivity index (χ0v) is 25.8. The Morgan fingerprint density at radius 3 is 2.59 bits per heavy atom. The van der Waals surface area contributed by atoms with E-state index in [-0.39, 0.29) is 40.5 Å². The number of halogens is 2. The summed E-state index contributed by atoms with van der Waals surface area (Å²) in [6, 6.07) is 3.20. The van der Waals surface area contributed by atoms with Crippen molar-refractivity contribution in [2.45, 2.75) is 97.2 Å². The van der Waals surface area contributed by atoms with E-state index in [0.29, 0.717) is 62.9 Å². The third kappa shape index (κ3) is 4.93. The highest BCUT2D eigenvalue weighted by molar-refractivity contribution is 6.38. The van der Waals surface area contributed by atoms with Crippen LogP contribution in [-0.2, 0) is 4.79 Å². The smallest absolute Gasteiger partial charge is 0.264 e. The van der Waals surface area contributed by atoms with Crippen molar-refractivity contribution in [2.75, 3.05) is 0 Å². The number of fused-ring (bicyclic) bond motifs is 6. The molecule has 4 saturated carbocycles. The summed E-state index contributed by atoms with van der Waals surface area (Å²) in [5.74, 6) is 2.13. The summed E-state index contributed by atoms with van der Waals surface area (Å²) >= 11 is 12.3. The highest BCUT2D eigenvalue weighted by Crippen LogP contribution is 2.68. The number of nitrogens with zero attached hydrogens (tertiary/aromatic N) is 2. The van der Waals surface area contributed by atoms with E-state index in [2.05, 4.69) is 36.0 Å². The number of H-pyrrole nitrogens is 1. The second-order valence-corrected chi connectivity index (χ2v) is 15.0. The lowest BCUT2D eigenvalue weighted by Crippen LogP contribution is -2.58. The van der Waals surface area contributed by atoms with E-state index in [0.717, 1.165) is 51.4 Å². The molecule has 4 aliphatic rings. The van der Waals surface area contributed by atoms with Crippen molar-refractivity contribution < 1.29 is 20.1 Å². The van der Waals surface area contributed by atoms with Gasteiger partial charge in [0, 0.05) is 16.8 Å². The fourth-order valence-corrected chi connectivity index (χ4v) is 10.7. The molecule has 2 aromatic rings. The van der Waals surface area contributed by atoms with Gasteiger partial charge in [-0.2, -0.15) is 0 Å². The molecule has 9 heteroatoms. The maximum atomic E-state index is 12.8. The first-order valence-electron chi connectivity index (χ1n) is 15.4. The van der Waals surface area contributed by atoms with Crippen LogP contribution in [0.5, 0.6) is 5.88 Å². The monoisotopic (exact) mass is 603 g/mol. The number of aromatic amines is 1. The van der Waals surface area contributed by atoms with Gasteiger partial charge in [0.25, 0.3) is 5.91 Å². The second-order valence-electron chi connectivity index (χ2n) is 14.2. The molecule has 1 aromatic heterocycles. The number of azo groups is 1. The van der Waals surface area contributed by atoms with E-state index in [1.165, 1.54) is 6.42 Å². The van der Waals surface area contributed by atoms with Crippen molar-refractivity contribution in [2.24, 2.45) is 56.6 Å². The number of aliphatic hydroxyl groups excluding tert-OH is 2. The van der Waals surface area contributed by atoms with Gasteiger partial charge in [0.05, 0.1) is 22.7 Å². The van der Waals surface area contributed by atoms with Crippen LogP contribution in [0.4, 0.5) is 5.69 Å². The molecule has 0 unspecified atom stereocenters. The third-order valence-corrected chi connectivity index (χ3v) is 12.8. The van der Waals surface area contributed by atoms with Gasteiger partial charge in [-0.3, -0.25) is 4.79 Å². The molecule has 0 saturated heterocycles. The standard InChI is InChI=1S/C32H43Cl2N3O4/c1-16(4-7-26(40)36-37-29-20-14-18(33)15-24(34)28(20)35-30(29)41)21-5-6-22-27-23(9-11-32(21,22)3)31(2)10-8-19(38)12-17(31)13-25(27)39/h14-17,19,21-23,25,27,35,38-39,41H,4-13H2,1-3H3/t16-,17-,19+,21-,22+,23+,25+,27+,31+,32-/m1/s1. The van der Waals surface area contributed by atoms with Gasteiger partial charge in [-0.25, -0.2) is 0 Å². The van der Waals surface area contributed by atoms with Crippen molar-refractivity contribution >= 4 is 45.7 Å². The number of carbonyl (C=O) groups is 1. The molecule has 4 aliphatic carbocycles. The summed E-state index contributed by atoms with van der Waals surface area (Å²) in [6.07, 6.45) is 8.76. The number of benzene rings is 1. The third-order valence-electron chi connectivity index (χ3n) is 12.3. The number of rotatable bonds is 5. The van der Waals surface area contributed by atoms with Crippen LogP contribution in [0.25, 0.3) is 10.9 Å². The Hall–Kier alpha value is -1.67. The first-order valence-corrected chi connectivity index (χ1v) is 16.2. The predicted octanol–water partition coefficient (Wildman–Crippen LogP) is 8.20. The van der Waals surface area contributed by atoms with Gasteiger partial charge in [-0.1, -0.05) is 44.0 Å². The number of hydrogen-bond donors (Lipinski definition) is 4. The summed E-state index contributed by atoms with van der Waals surface area (Å²) in [6.45, 7) is 7.16. The predicted molar refractivity (Wildman–Crippen MR) is 161 cm³/mol. The Bertz CT molecular complexity index is 1360. The number of aliphatic hydroxyl groups is 2. The number of carbonyl (C=O) groups excluding carboxylic acids is 1. The van der Waals surface area contributed by atoms with Gasteiger partial charge in [-0.15, -0.1) is 10.2 Å². The lowest BCUT2D eigenvalue weighted by Gasteiger charge is -2.62. The molecule has 7 nitrogen and oxygen atoms in total. The van der Waals surface area contributed by atoms with E-state index in [4.69, 9.17) is 23.2 Å². The first-order chi connectivity index (χ1) is 19.4. The first kappa shape index (κ1) is 29.4. The van der Waals surface area contributed by atoms with E-state index in [9.17, 15) is 20.1 Å². The summed E-state index contributed by atoms with van der Waals surface area (Å²) in [4.78, 5) is 15.5. The lowest BCUT2D eigenvalue weighted by molar-refractivity contribution is -0.174. The summed E-state index contributed by atoms with van der Waals surface area (Å²) in [7, 11) is 0. The zero-order valence-electron chi connectivity index (χ0n) is 24.2. The normalized spacial score (nSPS) is 39.4. The Morgan fingerprint density at radius 2 is 1.80 bits per heavy atom. The zero-order chi connectivity index (χ0) is 29.3. The lowest BCUT2D eigenvalue weighted by atomic mass is 9.43. The van der Waals surface area contributed by atoms with Gasteiger partial charge in [0.2, 0.25) is 5.88 Å². The molecule has 0 radical (unpaired) electrons. The van der Waals surface area contributed by atoms with Gasteiger partial charge < -0.3 is 20.3 Å². The van der Waals surface area contributed by atoms with Crippen molar-refractivity contribution in [1.29, 1.82) is 0 Å².